The lowest BCUT2D eigenvalue weighted by atomic mass is 9.94. The second-order valence-electron chi connectivity index (χ2n) is 17.5. The summed E-state index contributed by atoms with van der Waals surface area (Å²) in [7, 11) is 0. The summed E-state index contributed by atoms with van der Waals surface area (Å²) in [5.41, 5.74) is 12.7. The van der Waals surface area contributed by atoms with E-state index in [4.69, 9.17) is 19.4 Å². The van der Waals surface area contributed by atoms with E-state index in [9.17, 15) is 0 Å². The molecule has 0 radical (unpaired) electrons. The number of rotatable bonds is 5. The van der Waals surface area contributed by atoms with E-state index in [1.54, 1.807) is 0 Å². The van der Waals surface area contributed by atoms with Gasteiger partial charge in [0.2, 0.25) is 0 Å². The lowest BCUT2D eigenvalue weighted by molar-refractivity contribution is 0.669. The molecule has 15 rings (SSSR count). The number of aromatic nitrogens is 4. The molecule has 0 spiro atoms. The molecule has 0 aliphatic carbocycles. The molecule has 0 atom stereocenters. The van der Waals surface area contributed by atoms with Crippen molar-refractivity contribution in [2.45, 2.75) is 0 Å². The van der Waals surface area contributed by atoms with Gasteiger partial charge in [-0.3, -0.25) is 0 Å². The van der Waals surface area contributed by atoms with Crippen LogP contribution in [0.4, 0.5) is 0 Å². The third kappa shape index (κ3) is 5.45. The predicted octanol–water partition coefficient (Wildman–Crippen LogP) is 16.8. The van der Waals surface area contributed by atoms with Crippen LogP contribution >= 0.6 is 11.3 Å². The van der Waals surface area contributed by atoms with Crippen LogP contribution < -0.4 is 0 Å². The third-order valence-corrected chi connectivity index (χ3v) is 14.9. The Bertz CT molecular complexity index is 4490. The molecule has 5 heterocycles. The number of furan rings is 1. The molecule has 5 nitrogen and oxygen atoms in total. The van der Waals surface area contributed by atoms with Gasteiger partial charge in [-0.2, -0.15) is 0 Å². The second-order valence-corrected chi connectivity index (χ2v) is 18.6. The van der Waals surface area contributed by atoms with E-state index in [0.29, 0.717) is 17.5 Å². The smallest absolute Gasteiger partial charge is 0.164 e. The summed E-state index contributed by atoms with van der Waals surface area (Å²) in [6.45, 7) is 0. The molecular formula is C61H34N4OS. The fraction of sp³-hybridized carbons (Fsp3) is 0. The Labute approximate surface area is 386 Å². The van der Waals surface area contributed by atoms with Crippen LogP contribution in [0.25, 0.3) is 147 Å². The fourth-order valence-electron chi connectivity index (χ4n) is 10.7. The Morgan fingerprint density at radius 1 is 0.343 bits per heavy atom. The average Bonchev–Trinajstić information content (AvgIpc) is 4.05. The van der Waals surface area contributed by atoms with Crippen LogP contribution in [0.5, 0.6) is 0 Å². The zero-order valence-corrected chi connectivity index (χ0v) is 36.6. The largest absolute Gasteiger partial charge is 0.456 e. The van der Waals surface area contributed by atoms with Gasteiger partial charge in [0.1, 0.15) is 11.2 Å². The van der Waals surface area contributed by atoms with Crippen molar-refractivity contribution in [3.8, 4) is 56.4 Å². The van der Waals surface area contributed by atoms with Crippen LogP contribution in [0.1, 0.15) is 0 Å². The van der Waals surface area contributed by atoms with Crippen molar-refractivity contribution in [3.05, 3.63) is 206 Å². The van der Waals surface area contributed by atoms with Crippen molar-refractivity contribution in [1.29, 1.82) is 0 Å². The Morgan fingerprint density at radius 2 is 0.940 bits per heavy atom. The maximum absolute atomic E-state index is 6.82. The molecule has 67 heavy (non-hydrogen) atoms. The first-order valence-electron chi connectivity index (χ1n) is 22.6. The van der Waals surface area contributed by atoms with Crippen molar-refractivity contribution < 1.29 is 4.42 Å². The maximum atomic E-state index is 6.82. The molecule has 0 saturated carbocycles. The molecule has 0 amide bonds. The van der Waals surface area contributed by atoms with E-state index < -0.39 is 0 Å². The molecule has 0 N–H and O–H groups in total. The second kappa shape index (κ2) is 13.9. The molecule has 0 aliphatic rings. The van der Waals surface area contributed by atoms with E-state index in [1.807, 2.05) is 17.4 Å². The van der Waals surface area contributed by atoms with Crippen molar-refractivity contribution in [3.63, 3.8) is 0 Å². The standard InChI is InChI=1S/C61H34N4OS/c1-2-11-35(12-3-1)36-21-23-37(24-22-36)59-62-60(64-61(63-59)40-26-30-55-48(32-40)46-16-6-9-20-54(46)67-55)39-25-27-43-38(31-39)13-10-17-42(43)41-33-49-45-15-5-8-19-51(45)65-50-18-7-4-14-44(50)47-28-29-52-57(58(47)65)56(49)53(34-41)66-52/h1-34H. The molecule has 0 saturated heterocycles. The third-order valence-electron chi connectivity index (χ3n) is 13.8. The number of fused-ring (bicyclic) bond motifs is 10. The van der Waals surface area contributed by atoms with Gasteiger partial charge in [-0.05, 0) is 105 Å². The first-order chi connectivity index (χ1) is 33.2. The monoisotopic (exact) mass is 870 g/mol. The molecule has 0 bridgehead atoms. The Morgan fingerprint density at radius 3 is 1.75 bits per heavy atom. The Kier molecular flexibility index (Phi) is 7.59. The predicted molar refractivity (Wildman–Crippen MR) is 279 cm³/mol. The van der Waals surface area contributed by atoms with Crippen molar-refractivity contribution >= 4 is 102 Å². The lowest BCUT2D eigenvalue weighted by Crippen LogP contribution is -2.00. The zero-order valence-electron chi connectivity index (χ0n) is 35.7. The quantitative estimate of drug-likeness (QED) is 0.173. The van der Waals surface area contributed by atoms with Gasteiger partial charge in [0, 0.05) is 58.4 Å². The highest BCUT2D eigenvalue weighted by Crippen LogP contribution is 2.46. The first kappa shape index (κ1) is 36.6. The van der Waals surface area contributed by atoms with Gasteiger partial charge in [-0.1, -0.05) is 140 Å². The number of para-hydroxylation sites is 2. The minimum Gasteiger partial charge on any atom is -0.456 e. The minimum atomic E-state index is 0.624. The summed E-state index contributed by atoms with van der Waals surface area (Å²) in [5.74, 6) is 1.89. The summed E-state index contributed by atoms with van der Waals surface area (Å²) >= 11 is 1.81. The van der Waals surface area contributed by atoms with Crippen LogP contribution in [-0.2, 0) is 0 Å². The highest BCUT2D eigenvalue weighted by molar-refractivity contribution is 7.25. The first-order valence-corrected chi connectivity index (χ1v) is 23.4. The Balaban J connectivity index is 0.904. The summed E-state index contributed by atoms with van der Waals surface area (Å²) in [4.78, 5) is 15.6. The highest BCUT2D eigenvalue weighted by atomic mass is 32.1. The van der Waals surface area contributed by atoms with Gasteiger partial charge < -0.3 is 8.82 Å². The number of hydrogen-bond acceptors (Lipinski definition) is 5. The number of hydrogen-bond donors (Lipinski definition) is 0. The SMILES string of the molecule is c1ccc(-c2ccc(-c3nc(-c4ccc5c(-c6cc7oc8ccc9c%10ccccc%10n%10c%11ccccc%11c(c6)c7c8c9%10)cccc5c4)nc(-c4ccc5sc6ccccc6c5c4)n3)cc2)cc1. The minimum absolute atomic E-state index is 0.624. The van der Waals surface area contributed by atoms with Crippen molar-refractivity contribution in [1.82, 2.24) is 19.4 Å². The molecule has 5 aromatic heterocycles. The molecule has 6 heteroatoms. The molecule has 0 unspecified atom stereocenters. The maximum Gasteiger partial charge on any atom is 0.164 e. The molecule has 10 aromatic carbocycles. The molecular weight excluding hydrogens is 837 g/mol. The van der Waals surface area contributed by atoms with Crippen LogP contribution in [0.15, 0.2) is 211 Å². The summed E-state index contributed by atoms with van der Waals surface area (Å²) in [6, 6.07) is 73.8. The van der Waals surface area contributed by atoms with E-state index in [2.05, 4.69) is 205 Å². The fourth-order valence-corrected chi connectivity index (χ4v) is 11.8. The van der Waals surface area contributed by atoms with E-state index in [-0.39, 0.29) is 0 Å². The van der Waals surface area contributed by atoms with Gasteiger partial charge in [-0.25, -0.2) is 15.0 Å². The van der Waals surface area contributed by atoms with Crippen molar-refractivity contribution in [2.75, 3.05) is 0 Å². The van der Waals surface area contributed by atoms with E-state index in [0.717, 1.165) is 66.1 Å². The average molecular weight is 871 g/mol. The van der Waals surface area contributed by atoms with E-state index >= 15 is 0 Å². The molecule has 15 aromatic rings. The highest BCUT2D eigenvalue weighted by Gasteiger charge is 2.23. The van der Waals surface area contributed by atoms with Crippen LogP contribution in [-0.4, -0.2) is 19.4 Å². The lowest BCUT2D eigenvalue weighted by Gasteiger charge is -2.12. The number of thiophene rings is 1. The van der Waals surface area contributed by atoms with Crippen LogP contribution in [0.3, 0.4) is 0 Å². The van der Waals surface area contributed by atoms with Crippen molar-refractivity contribution in [2.24, 2.45) is 0 Å². The molecule has 0 aliphatic heterocycles. The normalized spacial score (nSPS) is 12.2. The van der Waals surface area contributed by atoms with Crippen LogP contribution in [0.2, 0.25) is 0 Å². The van der Waals surface area contributed by atoms with Gasteiger partial charge in [0.15, 0.2) is 17.5 Å². The van der Waals surface area contributed by atoms with Crippen LogP contribution in [0, 0.1) is 0 Å². The summed E-state index contributed by atoms with van der Waals surface area (Å²) in [5, 5.41) is 11.8. The molecule has 0 fully saturated rings. The molecule has 310 valence electrons. The topological polar surface area (TPSA) is 56.2 Å². The van der Waals surface area contributed by atoms with Gasteiger partial charge in [-0.15, -0.1) is 11.3 Å². The van der Waals surface area contributed by atoms with Gasteiger partial charge in [0.05, 0.1) is 21.9 Å². The number of benzene rings is 10. The summed E-state index contributed by atoms with van der Waals surface area (Å²) < 4.78 is 11.8. The van der Waals surface area contributed by atoms with E-state index in [1.165, 1.54) is 63.8 Å². The Hall–Kier alpha value is -8.71. The summed E-state index contributed by atoms with van der Waals surface area (Å²) in [6.07, 6.45) is 0. The van der Waals surface area contributed by atoms with Gasteiger partial charge in [0.25, 0.3) is 0 Å². The zero-order chi connectivity index (χ0) is 43.7. The van der Waals surface area contributed by atoms with Gasteiger partial charge >= 0.3 is 0 Å². The number of nitrogens with zero attached hydrogens (tertiary/aromatic N) is 4.